The van der Waals surface area contributed by atoms with Crippen molar-refractivity contribution < 1.29 is 8.42 Å². The predicted octanol–water partition coefficient (Wildman–Crippen LogP) is 0.553. The highest BCUT2D eigenvalue weighted by Crippen LogP contribution is 2.13. The van der Waals surface area contributed by atoms with Crippen molar-refractivity contribution in [2.75, 3.05) is 37.3 Å². The number of hydrogen-bond acceptors (Lipinski definition) is 4. The van der Waals surface area contributed by atoms with Crippen LogP contribution >= 0.6 is 0 Å². The summed E-state index contributed by atoms with van der Waals surface area (Å²) in [5.74, 6) is 0.919. The molecule has 1 aromatic rings. The Kier molecular flexibility index (Phi) is 3.63. The molecule has 0 bridgehead atoms. The van der Waals surface area contributed by atoms with Gasteiger partial charge < -0.3 is 4.90 Å². The fraction of sp³-hybridized carbons (Fsp3) is 0.545. The molecule has 1 saturated heterocycles. The Hall–Kier alpha value is -1.14. The Morgan fingerprint density at radius 1 is 1.18 bits per heavy atom. The van der Waals surface area contributed by atoms with E-state index in [1.807, 2.05) is 18.2 Å². The van der Waals surface area contributed by atoms with E-state index < -0.39 is 10.0 Å². The van der Waals surface area contributed by atoms with Crippen LogP contribution in [-0.4, -0.2) is 50.1 Å². The number of nitrogens with zero attached hydrogens (tertiary/aromatic N) is 3. The van der Waals surface area contributed by atoms with Gasteiger partial charge in [-0.3, -0.25) is 0 Å². The first-order chi connectivity index (χ1) is 8.07. The zero-order valence-electron chi connectivity index (χ0n) is 9.91. The molecule has 0 amide bonds. The van der Waals surface area contributed by atoms with Gasteiger partial charge in [0, 0.05) is 32.4 Å². The van der Waals surface area contributed by atoms with Gasteiger partial charge >= 0.3 is 0 Å². The largest absolute Gasteiger partial charge is 0.355 e. The second-order valence-corrected chi connectivity index (χ2v) is 6.17. The molecule has 0 N–H and O–H groups in total. The molecule has 1 aromatic heterocycles. The van der Waals surface area contributed by atoms with Crippen molar-refractivity contribution in [1.82, 2.24) is 9.29 Å². The van der Waals surface area contributed by atoms with Crippen LogP contribution in [0.2, 0.25) is 0 Å². The van der Waals surface area contributed by atoms with E-state index in [1.54, 1.807) is 6.20 Å². The van der Waals surface area contributed by atoms with Crippen LogP contribution in [-0.2, 0) is 10.0 Å². The Balaban J connectivity index is 2.06. The normalized spacial score (nSPS) is 19.0. The third-order valence-corrected chi connectivity index (χ3v) is 4.20. The van der Waals surface area contributed by atoms with E-state index in [2.05, 4.69) is 9.88 Å². The molecule has 1 fully saturated rings. The summed E-state index contributed by atoms with van der Waals surface area (Å²) < 4.78 is 24.5. The zero-order chi connectivity index (χ0) is 12.3. The lowest BCUT2D eigenvalue weighted by atomic mass is 10.3. The van der Waals surface area contributed by atoms with Gasteiger partial charge in [-0.25, -0.2) is 17.7 Å². The summed E-state index contributed by atoms with van der Waals surface area (Å²) in [7, 11) is -3.07. The summed E-state index contributed by atoms with van der Waals surface area (Å²) >= 11 is 0. The fourth-order valence-corrected chi connectivity index (χ4v) is 2.87. The maximum Gasteiger partial charge on any atom is 0.211 e. The summed E-state index contributed by atoms with van der Waals surface area (Å²) in [4.78, 5) is 6.42. The predicted molar refractivity (Wildman–Crippen MR) is 67.5 cm³/mol. The maximum atomic E-state index is 11.5. The number of sulfonamides is 1. The van der Waals surface area contributed by atoms with Crippen molar-refractivity contribution in [2.45, 2.75) is 6.42 Å². The van der Waals surface area contributed by atoms with Gasteiger partial charge in [0.15, 0.2) is 0 Å². The highest BCUT2D eigenvalue weighted by Gasteiger charge is 2.21. The minimum atomic E-state index is -3.07. The lowest BCUT2D eigenvalue weighted by molar-refractivity contribution is 0.437. The van der Waals surface area contributed by atoms with Crippen LogP contribution < -0.4 is 4.90 Å². The second kappa shape index (κ2) is 5.01. The molecule has 2 rings (SSSR count). The lowest BCUT2D eigenvalue weighted by Crippen LogP contribution is -2.34. The Bertz CT molecular complexity index is 461. The van der Waals surface area contributed by atoms with Gasteiger partial charge in [0.05, 0.1) is 6.26 Å². The average Bonchev–Trinajstić information content (AvgIpc) is 2.55. The SMILES string of the molecule is CS(=O)(=O)N1CCCN(c2ccccn2)CC1. The molecule has 0 aliphatic carbocycles. The molecule has 0 aromatic carbocycles. The summed E-state index contributed by atoms with van der Waals surface area (Å²) in [6.07, 6.45) is 3.86. The number of aromatic nitrogens is 1. The minimum Gasteiger partial charge on any atom is -0.355 e. The van der Waals surface area contributed by atoms with Crippen molar-refractivity contribution in [2.24, 2.45) is 0 Å². The highest BCUT2D eigenvalue weighted by atomic mass is 32.2. The van der Waals surface area contributed by atoms with Gasteiger partial charge in [0.2, 0.25) is 10.0 Å². The quantitative estimate of drug-likeness (QED) is 0.774. The highest BCUT2D eigenvalue weighted by molar-refractivity contribution is 7.88. The van der Waals surface area contributed by atoms with E-state index >= 15 is 0 Å². The van der Waals surface area contributed by atoms with Gasteiger partial charge in [0.25, 0.3) is 0 Å². The number of pyridine rings is 1. The van der Waals surface area contributed by atoms with Crippen LogP contribution in [0.4, 0.5) is 5.82 Å². The molecule has 0 saturated carbocycles. The summed E-state index contributed by atoms with van der Waals surface area (Å²) in [6.45, 7) is 2.69. The van der Waals surface area contributed by atoms with E-state index in [0.717, 1.165) is 18.8 Å². The maximum absolute atomic E-state index is 11.5. The van der Waals surface area contributed by atoms with Crippen LogP contribution in [0, 0.1) is 0 Å². The van der Waals surface area contributed by atoms with E-state index in [-0.39, 0.29) is 0 Å². The molecule has 0 atom stereocenters. The van der Waals surface area contributed by atoms with E-state index in [9.17, 15) is 8.42 Å². The van der Waals surface area contributed by atoms with Crippen LogP contribution in [0.15, 0.2) is 24.4 Å². The summed E-state index contributed by atoms with van der Waals surface area (Å²) in [5.41, 5.74) is 0. The third kappa shape index (κ3) is 3.17. The molecular weight excluding hydrogens is 238 g/mol. The van der Waals surface area contributed by atoms with Gasteiger partial charge in [0.1, 0.15) is 5.82 Å². The molecule has 2 heterocycles. The minimum absolute atomic E-state index is 0.537. The monoisotopic (exact) mass is 255 g/mol. The van der Waals surface area contributed by atoms with Crippen LogP contribution in [0.5, 0.6) is 0 Å². The molecule has 0 radical (unpaired) electrons. The van der Waals surface area contributed by atoms with Gasteiger partial charge in [-0.05, 0) is 18.6 Å². The molecule has 0 spiro atoms. The van der Waals surface area contributed by atoms with Gasteiger partial charge in [-0.1, -0.05) is 6.07 Å². The van der Waals surface area contributed by atoms with Crippen molar-refractivity contribution in [3.05, 3.63) is 24.4 Å². The number of hydrogen-bond donors (Lipinski definition) is 0. The molecule has 6 heteroatoms. The Labute approximate surface area is 102 Å². The first-order valence-corrected chi connectivity index (χ1v) is 7.53. The molecule has 0 unspecified atom stereocenters. The van der Waals surface area contributed by atoms with Crippen molar-refractivity contribution in [3.63, 3.8) is 0 Å². The summed E-state index contributed by atoms with van der Waals surface area (Å²) in [5, 5.41) is 0. The van der Waals surface area contributed by atoms with Gasteiger partial charge in [-0.2, -0.15) is 0 Å². The van der Waals surface area contributed by atoms with E-state index in [1.165, 1.54) is 10.6 Å². The lowest BCUT2D eigenvalue weighted by Gasteiger charge is -2.21. The fourth-order valence-electron chi connectivity index (χ4n) is 2.00. The van der Waals surface area contributed by atoms with Crippen molar-refractivity contribution in [3.8, 4) is 0 Å². The summed E-state index contributed by atoms with van der Waals surface area (Å²) in [6, 6.07) is 5.78. The molecule has 1 aliphatic rings. The molecule has 1 aliphatic heterocycles. The van der Waals surface area contributed by atoms with Crippen LogP contribution in [0.1, 0.15) is 6.42 Å². The molecule has 17 heavy (non-hydrogen) atoms. The first-order valence-electron chi connectivity index (χ1n) is 5.68. The number of anilines is 1. The van der Waals surface area contributed by atoms with Crippen LogP contribution in [0.3, 0.4) is 0 Å². The van der Waals surface area contributed by atoms with E-state index in [0.29, 0.717) is 19.6 Å². The number of rotatable bonds is 2. The van der Waals surface area contributed by atoms with Crippen LogP contribution in [0.25, 0.3) is 0 Å². The Morgan fingerprint density at radius 3 is 2.65 bits per heavy atom. The topological polar surface area (TPSA) is 53.5 Å². The zero-order valence-corrected chi connectivity index (χ0v) is 10.7. The molecule has 5 nitrogen and oxygen atoms in total. The first kappa shape index (κ1) is 12.3. The molecule has 94 valence electrons. The smallest absolute Gasteiger partial charge is 0.211 e. The third-order valence-electron chi connectivity index (χ3n) is 2.90. The van der Waals surface area contributed by atoms with Crippen molar-refractivity contribution >= 4 is 15.8 Å². The standard InChI is InChI=1S/C11H17N3O2S/c1-17(15,16)14-8-4-7-13(9-10-14)11-5-2-3-6-12-11/h2-3,5-6H,4,7-10H2,1H3. The second-order valence-electron chi connectivity index (χ2n) is 4.19. The average molecular weight is 255 g/mol. The molecular formula is C11H17N3O2S. The van der Waals surface area contributed by atoms with Crippen molar-refractivity contribution in [1.29, 1.82) is 0 Å². The Morgan fingerprint density at radius 2 is 2.00 bits per heavy atom. The van der Waals surface area contributed by atoms with E-state index in [4.69, 9.17) is 0 Å². The van der Waals surface area contributed by atoms with Gasteiger partial charge in [-0.15, -0.1) is 0 Å².